The molecule has 0 spiro atoms. The third-order valence-electron chi connectivity index (χ3n) is 3.69. The highest BCUT2D eigenvalue weighted by atomic mass is 32.2. The number of anilines is 1. The Balaban J connectivity index is 2.45. The smallest absolute Gasteiger partial charge is 0.337 e. The van der Waals surface area contributed by atoms with Gasteiger partial charge >= 0.3 is 5.97 Å². The van der Waals surface area contributed by atoms with Gasteiger partial charge in [-0.1, -0.05) is 6.07 Å². The van der Waals surface area contributed by atoms with E-state index in [2.05, 4.69) is 4.74 Å². The van der Waals surface area contributed by atoms with Crippen LogP contribution in [-0.4, -0.2) is 35.7 Å². The van der Waals surface area contributed by atoms with Crippen molar-refractivity contribution < 1.29 is 22.7 Å². The first-order valence-electron chi connectivity index (χ1n) is 7.13. The monoisotopic (exact) mass is 349 g/mol. The summed E-state index contributed by atoms with van der Waals surface area (Å²) >= 11 is 0. The first kappa shape index (κ1) is 17.8. The van der Waals surface area contributed by atoms with E-state index in [1.54, 1.807) is 31.2 Å². The molecule has 0 fully saturated rings. The molecular weight excluding hydrogens is 330 g/mol. The molecule has 0 aromatic heterocycles. The predicted molar refractivity (Wildman–Crippen MR) is 91.1 cm³/mol. The molecule has 6 nitrogen and oxygen atoms in total. The van der Waals surface area contributed by atoms with Crippen molar-refractivity contribution in [3.8, 4) is 5.75 Å². The Labute approximate surface area is 141 Å². The number of benzene rings is 2. The largest absolute Gasteiger partial charge is 0.497 e. The minimum absolute atomic E-state index is 0.133. The number of rotatable bonds is 5. The first-order valence-corrected chi connectivity index (χ1v) is 8.57. The molecule has 128 valence electrons. The van der Waals surface area contributed by atoms with Crippen LogP contribution in [-0.2, 0) is 14.8 Å². The van der Waals surface area contributed by atoms with Crippen LogP contribution in [0.5, 0.6) is 5.75 Å². The number of hydrogen-bond acceptors (Lipinski definition) is 5. The zero-order chi connectivity index (χ0) is 17.9. The molecule has 2 aromatic carbocycles. The SMILES string of the molecule is COC(=O)c1ccc(C)c(N(C)S(=O)(=O)c2ccc(OC)cc2)c1. The van der Waals surface area contributed by atoms with Crippen LogP contribution < -0.4 is 9.04 Å². The lowest BCUT2D eigenvalue weighted by Crippen LogP contribution is -2.27. The quantitative estimate of drug-likeness (QED) is 0.776. The van der Waals surface area contributed by atoms with Gasteiger partial charge in [0.05, 0.1) is 30.4 Å². The number of nitrogens with zero attached hydrogens (tertiary/aromatic N) is 1. The van der Waals surface area contributed by atoms with Crippen LogP contribution in [0.4, 0.5) is 5.69 Å². The van der Waals surface area contributed by atoms with Gasteiger partial charge in [-0.25, -0.2) is 13.2 Å². The molecular formula is C17H19NO5S. The average molecular weight is 349 g/mol. The maximum Gasteiger partial charge on any atom is 0.337 e. The maximum atomic E-state index is 12.8. The Morgan fingerprint density at radius 3 is 2.21 bits per heavy atom. The fourth-order valence-electron chi connectivity index (χ4n) is 2.23. The topological polar surface area (TPSA) is 72.9 Å². The molecule has 0 atom stereocenters. The van der Waals surface area contributed by atoms with Crippen LogP contribution in [0.1, 0.15) is 15.9 Å². The van der Waals surface area contributed by atoms with Crippen molar-refractivity contribution in [2.24, 2.45) is 0 Å². The number of hydrogen-bond donors (Lipinski definition) is 0. The highest BCUT2D eigenvalue weighted by Crippen LogP contribution is 2.27. The van der Waals surface area contributed by atoms with Crippen molar-refractivity contribution in [2.45, 2.75) is 11.8 Å². The second kappa shape index (κ2) is 6.92. The average Bonchev–Trinajstić information content (AvgIpc) is 2.60. The lowest BCUT2D eigenvalue weighted by Gasteiger charge is -2.22. The molecule has 0 bridgehead atoms. The zero-order valence-electron chi connectivity index (χ0n) is 13.9. The fraction of sp³-hybridized carbons (Fsp3) is 0.235. The molecule has 0 saturated carbocycles. The summed E-state index contributed by atoms with van der Waals surface area (Å²) in [5, 5.41) is 0. The summed E-state index contributed by atoms with van der Waals surface area (Å²) in [5.41, 5.74) is 1.42. The van der Waals surface area contributed by atoms with Gasteiger partial charge in [-0.2, -0.15) is 0 Å². The van der Waals surface area contributed by atoms with Gasteiger partial charge in [-0.3, -0.25) is 4.31 Å². The predicted octanol–water partition coefficient (Wildman–Crippen LogP) is 2.62. The van der Waals surface area contributed by atoms with Crippen molar-refractivity contribution in [1.82, 2.24) is 0 Å². The van der Waals surface area contributed by atoms with Crippen molar-refractivity contribution in [3.05, 3.63) is 53.6 Å². The summed E-state index contributed by atoms with van der Waals surface area (Å²) in [7, 11) is 0.473. The van der Waals surface area contributed by atoms with Crippen LogP contribution >= 0.6 is 0 Å². The molecule has 0 aliphatic rings. The Morgan fingerprint density at radius 2 is 1.67 bits per heavy atom. The molecule has 0 radical (unpaired) electrons. The normalized spacial score (nSPS) is 11.0. The summed E-state index contributed by atoms with van der Waals surface area (Å²) in [6.45, 7) is 1.77. The molecule has 0 saturated heterocycles. The number of sulfonamides is 1. The van der Waals surface area contributed by atoms with Crippen molar-refractivity contribution in [3.63, 3.8) is 0 Å². The van der Waals surface area contributed by atoms with E-state index in [1.807, 2.05) is 0 Å². The van der Waals surface area contributed by atoms with Crippen LogP contribution in [0.2, 0.25) is 0 Å². The number of aryl methyl sites for hydroxylation is 1. The molecule has 0 heterocycles. The lowest BCUT2D eigenvalue weighted by molar-refractivity contribution is 0.0600. The van der Waals surface area contributed by atoms with Gasteiger partial charge in [0.25, 0.3) is 10.0 Å². The number of carbonyl (C=O) groups is 1. The number of esters is 1. The minimum Gasteiger partial charge on any atom is -0.497 e. The van der Waals surface area contributed by atoms with Gasteiger partial charge in [-0.15, -0.1) is 0 Å². The Bertz CT molecular complexity index is 844. The van der Waals surface area contributed by atoms with Crippen LogP contribution in [0, 0.1) is 6.92 Å². The van der Waals surface area contributed by atoms with E-state index in [-0.39, 0.29) is 10.5 Å². The summed E-state index contributed by atoms with van der Waals surface area (Å²) in [5.74, 6) is 0.0481. The van der Waals surface area contributed by atoms with E-state index in [4.69, 9.17) is 4.74 Å². The van der Waals surface area contributed by atoms with E-state index < -0.39 is 16.0 Å². The zero-order valence-corrected chi connectivity index (χ0v) is 14.8. The molecule has 0 unspecified atom stereocenters. The summed E-state index contributed by atoms with van der Waals surface area (Å²) in [4.78, 5) is 11.8. The highest BCUT2D eigenvalue weighted by Gasteiger charge is 2.23. The van der Waals surface area contributed by atoms with E-state index in [0.29, 0.717) is 11.4 Å². The van der Waals surface area contributed by atoms with Gasteiger partial charge in [0, 0.05) is 7.05 Å². The Kier molecular flexibility index (Phi) is 5.14. The summed E-state index contributed by atoms with van der Waals surface area (Å²) < 4.78 is 36.5. The second-order valence-corrected chi connectivity index (χ2v) is 7.11. The van der Waals surface area contributed by atoms with Crippen LogP contribution in [0.15, 0.2) is 47.4 Å². The molecule has 7 heteroatoms. The van der Waals surface area contributed by atoms with Crippen LogP contribution in [0.3, 0.4) is 0 Å². The van der Waals surface area contributed by atoms with E-state index in [9.17, 15) is 13.2 Å². The Morgan fingerprint density at radius 1 is 1.04 bits per heavy atom. The van der Waals surface area contributed by atoms with Crippen molar-refractivity contribution in [2.75, 3.05) is 25.6 Å². The third-order valence-corrected chi connectivity index (χ3v) is 5.47. The number of methoxy groups -OCH3 is 2. The van der Waals surface area contributed by atoms with E-state index >= 15 is 0 Å². The fourth-order valence-corrected chi connectivity index (χ4v) is 3.48. The summed E-state index contributed by atoms with van der Waals surface area (Å²) in [6.07, 6.45) is 0. The molecule has 0 N–H and O–H groups in total. The maximum absolute atomic E-state index is 12.8. The molecule has 0 aliphatic carbocycles. The van der Waals surface area contributed by atoms with Gasteiger partial charge in [-0.05, 0) is 48.9 Å². The molecule has 2 rings (SSSR count). The molecule has 24 heavy (non-hydrogen) atoms. The van der Waals surface area contributed by atoms with E-state index in [1.165, 1.54) is 39.5 Å². The lowest BCUT2D eigenvalue weighted by atomic mass is 10.1. The van der Waals surface area contributed by atoms with Crippen LogP contribution in [0.25, 0.3) is 0 Å². The van der Waals surface area contributed by atoms with Gasteiger partial charge < -0.3 is 9.47 Å². The first-order chi connectivity index (χ1) is 11.3. The van der Waals surface area contributed by atoms with E-state index in [0.717, 1.165) is 9.87 Å². The van der Waals surface area contributed by atoms with Gasteiger partial charge in [0.15, 0.2) is 0 Å². The third kappa shape index (κ3) is 3.35. The standard InChI is InChI=1S/C17H19NO5S/c1-12-5-6-13(17(19)23-4)11-16(12)18(2)24(20,21)15-9-7-14(22-3)8-10-15/h5-11H,1-4H3. The number of carbonyl (C=O) groups excluding carboxylic acids is 1. The van der Waals surface area contributed by atoms with Gasteiger partial charge in [0.2, 0.25) is 0 Å². The van der Waals surface area contributed by atoms with Crippen molar-refractivity contribution in [1.29, 1.82) is 0 Å². The second-order valence-electron chi connectivity index (χ2n) is 5.14. The molecule has 0 amide bonds. The molecule has 0 aliphatic heterocycles. The van der Waals surface area contributed by atoms with Gasteiger partial charge in [0.1, 0.15) is 5.75 Å². The Hall–Kier alpha value is -2.54. The summed E-state index contributed by atoms with van der Waals surface area (Å²) in [6, 6.07) is 10.9. The van der Waals surface area contributed by atoms with Crippen molar-refractivity contribution >= 4 is 21.7 Å². The minimum atomic E-state index is -3.76. The highest BCUT2D eigenvalue weighted by molar-refractivity contribution is 7.92. The number of ether oxygens (including phenoxy) is 2. The molecule has 2 aromatic rings.